The molecule has 172 valence electrons. The smallest absolute Gasteiger partial charge is 0.273 e. The molecule has 0 unspecified atom stereocenters. The Balaban J connectivity index is 1.50. The summed E-state index contributed by atoms with van der Waals surface area (Å²) in [5.74, 6) is -1.89. The van der Waals surface area contributed by atoms with Crippen molar-refractivity contribution in [2.45, 2.75) is 12.1 Å². The molecule has 8 nitrogen and oxygen atoms in total. The highest BCUT2D eigenvalue weighted by Gasteiger charge is 2.61. The molecule has 6 rings (SSSR count). The summed E-state index contributed by atoms with van der Waals surface area (Å²) in [5.41, 5.74) is 1.26. The van der Waals surface area contributed by atoms with Crippen molar-refractivity contribution in [3.05, 3.63) is 113 Å². The zero-order valence-electron chi connectivity index (χ0n) is 18.4. The highest BCUT2D eigenvalue weighted by atomic mass is 16.7. The molecule has 4 aromatic rings. The van der Waals surface area contributed by atoms with Crippen molar-refractivity contribution < 1.29 is 19.3 Å². The van der Waals surface area contributed by atoms with Crippen molar-refractivity contribution in [1.82, 2.24) is 0 Å². The minimum Gasteiger partial charge on any atom is -0.273 e. The van der Waals surface area contributed by atoms with Crippen molar-refractivity contribution >= 4 is 39.6 Å². The summed E-state index contributed by atoms with van der Waals surface area (Å²) in [5, 5.41) is 15.0. The molecule has 2 fully saturated rings. The average Bonchev–Trinajstić information content (AvgIpc) is 3.40. The number of carbonyl (C=O) groups is 2. The van der Waals surface area contributed by atoms with E-state index in [0.717, 1.165) is 10.8 Å². The maximum atomic E-state index is 13.9. The molecule has 2 heterocycles. The number of rotatable bonds is 4. The monoisotopic (exact) mass is 465 g/mol. The maximum absolute atomic E-state index is 13.9. The second-order valence-corrected chi connectivity index (χ2v) is 8.48. The van der Waals surface area contributed by atoms with Gasteiger partial charge in [-0.25, -0.2) is 9.96 Å². The third kappa shape index (κ3) is 3.18. The second kappa shape index (κ2) is 8.03. The number of amides is 2. The number of nitro groups is 1. The quantitative estimate of drug-likeness (QED) is 0.244. The first-order chi connectivity index (χ1) is 17.1. The van der Waals surface area contributed by atoms with Crippen LogP contribution in [0.3, 0.4) is 0 Å². The fourth-order valence-electron chi connectivity index (χ4n) is 5.07. The van der Waals surface area contributed by atoms with Gasteiger partial charge in [0.05, 0.1) is 21.9 Å². The Kier molecular flexibility index (Phi) is 4.82. The van der Waals surface area contributed by atoms with Crippen molar-refractivity contribution in [2.24, 2.45) is 5.92 Å². The summed E-state index contributed by atoms with van der Waals surface area (Å²) in [4.78, 5) is 46.2. The van der Waals surface area contributed by atoms with Crippen LogP contribution in [0.15, 0.2) is 97.1 Å². The number of hydroxylamine groups is 1. The highest BCUT2D eigenvalue weighted by Crippen LogP contribution is 2.49. The standard InChI is InChI=1S/C27H19N3O5/c31-26-23-24(20-14-6-7-15-22(20)30(33)34)29(18-11-2-1-3-12-18)35-25(23)27(32)28(26)21-16-8-10-17-9-4-5-13-19(17)21/h1-16,23-25H/t23-,24+,25+/m0/s1. The van der Waals surface area contributed by atoms with Gasteiger partial charge in [-0.3, -0.25) is 24.5 Å². The van der Waals surface area contributed by atoms with Gasteiger partial charge in [0.1, 0.15) is 12.0 Å². The molecule has 2 aliphatic heterocycles. The van der Waals surface area contributed by atoms with E-state index in [-0.39, 0.29) is 5.69 Å². The van der Waals surface area contributed by atoms with Gasteiger partial charge in [-0.1, -0.05) is 66.7 Å². The summed E-state index contributed by atoms with van der Waals surface area (Å²) in [7, 11) is 0. The van der Waals surface area contributed by atoms with E-state index in [9.17, 15) is 19.7 Å². The van der Waals surface area contributed by atoms with Gasteiger partial charge in [-0.05, 0) is 29.7 Å². The fraction of sp³-hybridized carbons (Fsp3) is 0.111. The predicted octanol–water partition coefficient (Wildman–Crippen LogP) is 4.80. The molecular formula is C27H19N3O5. The van der Waals surface area contributed by atoms with Crippen LogP contribution < -0.4 is 9.96 Å². The van der Waals surface area contributed by atoms with E-state index in [1.54, 1.807) is 54.6 Å². The fourth-order valence-corrected chi connectivity index (χ4v) is 5.07. The predicted molar refractivity (Wildman–Crippen MR) is 130 cm³/mol. The number of nitrogens with zero attached hydrogens (tertiary/aromatic N) is 3. The van der Waals surface area contributed by atoms with Crippen molar-refractivity contribution in [1.29, 1.82) is 0 Å². The van der Waals surface area contributed by atoms with Gasteiger partial charge in [-0.2, -0.15) is 0 Å². The number of nitro benzene ring substituents is 1. The number of anilines is 2. The Morgan fingerprint density at radius 2 is 1.46 bits per heavy atom. The van der Waals surface area contributed by atoms with E-state index in [1.165, 1.54) is 16.0 Å². The van der Waals surface area contributed by atoms with Crippen LogP contribution in [0.5, 0.6) is 0 Å². The van der Waals surface area contributed by atoms with E-state index in [0.29, 0.717) is 16.9 Å². The Morgan fingerprint density at radius 3 is 2.26 bits per heavy atom. The van der Waals surface area contributed by atoms with Gasteiger partial charge in [0, 0.05) is 11.5 Å². The zero-order chi connectivity index (χ0) is 24.1. The lowest BCUT2D eigenvalue weighted by Gasteiger charge is -2.28. The number of hydrogen-bond donors (Lipinski definition) is 0. The van der Waals surface area contributed by atoms with Gasteiger partial charge in [0.25, 0.3) is 11.6 Å². The number of fused-ring (bicyclic) bond motifs is 2. The molecule has 0 saturated carbocycles. The normalized spacial score (nSPS) is 21.5. The maximum Gasteiger partial charge on any atom is 0.274 e. The summed E-state index contributed by atoms with van der Waals surface area (Å²) >= 11 is 0. The molecule has 3 atom stereocenters. The molecular weight excluding hydrogens is 446 g/mol. The van der Waals surface area contributed by atoms with Gasteiger partial charge in [0.2, 0.25) is 5.91 Å². The third-order valence-electron chi connectivity index (χ3n) is 6.59. The lowest BCUT2D eigenvalue weighted by Crippen LogP contribution is -2.37. The summed E-state index contributed by atoms with van der Waals surface area (Å²) in [6, 6.07) is 27.3. The Labute approximate surface area is 200 Å². The van der Waals surface area contributed by atoms with E-state index >= 15 is 0 Å². The average molecular weight is 465 g/mol. The highest BCUT2D eigenvalue weighted by molar-refractivity contribution is 6.26. The van der Waals surface area contributed by atoms with Crippen LogP contribution in [0.4, 0.5) is 17.1 Å². The zero-order valence-corrected chi connectivity index (χ0v) is 18.4. The van der Waals surface area contributed by atoms with Gasteiger partial charge in [-0.15, -0.1) is 0 Å². The van der Waals surface area contributed by atoms with Crippen molar-refractivity contribution in [3.8, 4) is 0 Å². The summed E-state index contributed by atoms with van der Waals surface area (Å²) in [6.07, 6.45) is -1.11. The molecule has 0 bridgehead atoms. The topological polar surface area (TPSA) is 93.0 Å². The Morgan fingerprint density at radius 1 is 0.771 bits per heavy atom. The third-order valence-corrected chi connectivity index (χ3v) is 6.59. The van der Waals surface area contributed by atoms with Gasteiger partial charge in [0.15, 0.2) is 6.10 Å². The Hall–Kier alpha value is -4.56. The summed E-state index contributed by atoms with van der Waals surface area (Å²) < 4.78 is 0. The van der Waals surface area contributed by atoms with E-state index in [2.05, 4.69) is 0 Å². The number of benzene rings is 4. The molecule has 0 radical (unpaired) electrons. The second-order valence-electron chi connectivity index (χ2n) is 8.48. The number of carbonyl (C=O) groups excluding carboxylic acids is 2. The van der Waals surface area contributed by atoms with Gasteiger partial charge >= 0.3 is 0 Å². The Bertz CT molecular complexity index is 1480. The molecule has 2 saturated heterocycles. The number of para-hydroxylation sites is 2. The number of hydrogen-bond acceptors (Lipinski definition) is 6. The van der Waals surface area contributed by atoms with E-state index < -0.39 is 34.8 Å². The van der Waals surface area contributed by atoms with Crippen molar-refractivity contribution in [3.63, 3.8) is 0 Å². The van der Waals surface area contributed by atoms with Crippen LogP contribution in [0.1, 0.15) is 11.6 Å². The first-order valence-corrected chi connectivity index (χ1v) is 11.2. The molecule has 4 aromatic carbocycles. The van der Waals surface area contributed by atoms with E-state index in [4.69, 9.17) is 4.84 Å². The minimum atomic E-state index is -1.11. The number of imide groups is 1. The summed E-state index contributed by atoms with van der Waals surface area (Å²) in [6.45, 7) is 0. The van der Waals surface area contributed by atoms with Gasteiger partial charge < -0.3 is 0 Å². The van der Waals surface area contributed by atoms with Crippen LogP contribution in [-0.2, 0) is 14.4 Å². The van der Waals surface area contributed by atoms with Crippen molar-refractivity contribution in [2.75, 3.05) is 9.96 Å². The molecule has 2 aliphatic rings. The molecule has 2 amide bonds. The molecule has 8 heteroatoms. The molecule has 35 heavy (non-hydrogen) atoms. The lowest BCUT2D eigenvalue weighted by atomic mass is 9.89. The lowest BCUT2D eigenvalue weighted by molar-refractivity contribution is -0.385. The van der Waals surface area contributed by atoms with E-state index in [1.807, 2.05) is 36.4 Å². The SMILES string of the molecule is O=C1[C@H]2[C@@H](c3ccccc3[N+](=O)[O-])N(c3ccccc3)O[C@H]2C(=O)N1c1cccc2ccccc12. The molecule has 0 N–H and O–H groups in total. The molecule has 0 aliphatic carbocycles. The molecule has 0 spiro atoms. The first-order valence-electron chi connectivity index (χ1n) is 11.2. The minimum absolute atomic E-state index is 0.133. The van der Waals surface area contributed by atoms with Crippen LogP contribution in [0.2, 0.25) is 0 Å². The van der Waals surface area contributed by atoms with Crippen LogP contribution in [0, 0.1) is 16.0 Å². The first kappa shape index (κ1) is 21.0. The van der Waals surface area contributed by atoms with Crippen LogP contribution in [0.25, 0.3) is 10.8 Å². The largest absolute Gasteiger partial charge is 0.274 e. The van der Waals surface area contributed by atoms with Crippen LogP contribution in [-0.4, -0.2) is 22.8 Å². The van der Waals surface area contributed by atoms with Crippen LogP contribution >= 0.6 is 0 Å². The molecule has 0 aromatic heterocycles.